The van der Waals surface area contributed by atoms with E-state index in [0.29, 0.717) is 17.3 Å². The fourth-order valence-electron chi connectivity index (χ4n) is 0.904. The molecule has 0 atom stereocenters. The molecule has 72 valence electrons. The first kappa shape index (κ1) is 9.98. The Bertz CT molecular complexity index is 333. The van der Waals surface area contributed by atoms with Crippen LogP contribution in [0.15, 0.2) is 4.42 Å². The lowest BCUT2D eigenvalue weighted by atomic mass is 10.2. The zero-order valence-corrected chi connectivity index (χ0v) is 8.44. The topological polar surface area (TPSA) is 68.3 Å². The van der Waals surface area contributed by atoms with Crippen LogP contribution in [-0.2, 0) is 4.79 Å². The summed E-state index contributed by atoms with van der Waals surface area (Å²) in [5.41, 5.74) is 7.01. The Morgan fingerprint density at radius 3 is 2.62 bits per heavy atom. The summed E-state index contributed by atoms with van der Waals surface area (Å²) in [6.07, 6.45) is 0. The average Bonchev–Trinajstić information content (AvgIpc) is 2.34. The van der Waals surface area contributed by atoms with Gasteiger partial charge in [0.25, 0.3) is 0 Å². The van der Waals surface area contributed by atoms with Crippen LogP contribution in [0.2, 0.25) is 0 Å². The molecule has 13 heavy (non-hydrogen) atoms. The summed E-state index contributed by atoms with van der Waals surface area (Å²) in [5, 5.41) is 2.51. The van der Waals surface area contributed by atoms with Gasteiger partial charge in [-0.3, -0.25) is 10.1 Å². The van der Waals surface area contributed by atoms with E-state index >= 15 is 0 Å². The Balaban J connectivity index is 2.90. The SMILES string of the molecule is Cc1oc(NC(=O)CS)c(N)c1C. The van der Waals surface area contributed by atoms with Gasteiger partial charge in [0.1, 0.15) is 5.76 Å². The van der Waals surface area contributed by atoms with Crippen LogP contribution in [0.5, 0.6) is 0 Å². The largest absolute Gasteiger partial charge is 0.443 e. The smallest absolute Gasteiger partial charge is 0.236 e. The van der Waals surface area contributed by atoms with Crippen molar-refractivity contribution in [3.8, 4) is 0 Å². The van der Waals surface area contributed by atoms with Crippen LogP contribution in [-0.4, -0.2) is 11.7 Å². The van der Waals surface area contributed by atoms with Crippen molar-refractivity contribution in [2.75, 3.05) is 16.8 Å². The number of aryl methyl sites for hydroxylation is 1. The van der Waals surface area contributed by atoms with Crippen molar-refractivity contribution < 1.29 is 9.21 Å². The second kappa shape index (κ2) is 3.74. The van der Waals surface area contributed by atoms with Crippen molar-refractivity contribution in [1.29, 1.82) is 0 Å². The number of hydrogen-bond acceptors (Lipinski definition) is 4. The van der Waals surface area contributed by atoms with Gasteiger partial charge in [0.05, 0.1) is 11.4 Å². The number of amides is 1. The van der Waals surface area contributed by atoms with Crippen LogP contribution < -0.4 is 11.1 Å². The lowest BCUT2D eigenvalue weighted by Gasteiger charge is -1.99. The maximum Gasteiger partial charge on any atom is 0.236 e. The number of carbonyl (C=O) groups is 1. The summed E-state index contributed by atoms with van der Waals surface area (Å²) in [4.78, 5) is 11.0. The van der Waals surface area contributed by atoms with E-state index in [1.54, 1.807) is 6.92 Å². The number of anilines is 2. The predicted octanol–water partition coefficient (Wildman–Crippen LogP) is 1.35. The molecule has 0 bridgehead atoms. The molecule has 0 aliphatic heterocycles. The van der Waals surface area contributed by atoms with E-state index in [9.17, 15) is 4.79 Å². The first-order valence-corrected chi connectivity index (χ1v) is 4.45. The van der Waals surface area contributed by atoms with Crippen molar-refractivity contribution in [3.63, 3.8) is 0 Å². The zero-order chi connectivity index (χ0) is 10.0. The van der Waals surface area contributed by atoms with Crippen molar-refractivity contribution in [2.45, 2.75) is 13.8 Å². The first-order valence-electron chi connectivity index (χ1n) is 3.82. The third-order valence-electron chi connectivity index (χ3n) is 1.83. The Morgan fingerprint density at radius 1 is 1.62 bits per heavy atom. The van der Waals surface area contributed by atoms with Crippen LogP contribution in [0.4, 0.5) is 11.6 Å². The lowest BCUT2D eigenvalue weighted by Crippen LogP contribution is -2.13. The summed E-state index contributed by atoms with van der Waals surface area (Å²) in [7, 11) is 0. The van der Waals surface area contributed by atoms with Gasteiger partial charge >= 0.3 is 0 Å². The van der Waals surface area contributed by atoms with Crippen molar-refractivity contribution in [2.24, 2.45) is 0 Å². The maximum atomic E-state index is 11.0. The number of nitrogens with two attached hydrogens (primary N) is 1. The van der Waals surface area contributed by atoms with Gasteiger partial charge in [-0.15, -0.1) is 0 Å². The number of nitrogen functional groups attached to an aromatic ring is 1. The lowest BCUT2D eigenvalue weighted by molar-refractivity contribution is -0.113. The molecular formula is C8H12N2O2S. The van der Waals surface area contributed by atoms with Crippen molar-refractivity contribution in [3.05, 3.63) is 11.3 Å². The Kier molecular flexibility index (Phi) is 2.87. The molecule has 4 nitrogen and oxygen atoms in total. The summed E-state index contributed by atoms with van der Waals surface area (Å²) in [5.74, 6) is 0.905. The van der Waals surface area contributed by atoms with Crippen LogP contribution in [0.3, 0.4) is 0 Å². The monoisotopic (exact) mass is 200 g/mol. The Hall–Kier alpha value is -1.10. The summed E-state index contributed by atoms with van der Waals surface area (Å²) in [6.45, 7) is 3.63. The van der Waals surface area contributed by atoms with Crippen LogP contribution in [0.1, 0.15) is 11.3 Å². The van der Waals surface area contributed by atoms with Gasteiger partial charge in [0, 0.05) is 5.56 Å². The normalized spacial score (nSPS) is 10.1. The van der Waals surface area contributed by atoms with Crippen LogP contribution in [0, 0.1) is 13.8 Å². The van der Waals surface area contributed by atoms with Gasteiger partial charge in [-0.25, -0.2) is 0 Å². The highest BCUT2D eigenvalue weighted by molar-refractivity contribution is 7.81. The minimum Gasteiger partial charge on any atom is -0.443 e. The molecule has 5 heteroatoms. The number of nitrogens with one attached hydrogen (secondary N) is 1. The number of hydrogen-bond donors (Lipinski definition) is 3. The maximum absolute atomic E-state index is 11.0. The second-order valence-corrected chi connectivity index (χ2v) is 3.05. The number of thiol groups is 1. The molecule has 0 aromatic carbocycles. The molecule has 1 aromatic heterocycles. The fourth-order valence-corrected chi connectivity index (χ4v) is 0.983. The molecule has 1 rings (SSSR count). The third-order valence-corrected chi connectivity index (χ3v) is 2.12. The molecule has 0 saturated carbocycles. The van der Waals surface area contributed by atoms with Gasteiger partial charge in [-0.05, 0) is 13.8 Å². The van der Waals surface area contributed by atoms with E-state index in [4.69, 9.17) is 10.2 Å². The molecule has 0 unspecified atom stereocenters. The number of furan rings is 1. The average molecular weight is 200 g/mol. The minimum atomic E-state index is -0.233. The molecular weight excluding hydrogens is 188 g/mol. The minimum absolute atomic E-state index is 0.109. The predicted molar refractivity (Wildman–Crippen MR) is 55.1 cm³/mol. The Morgan fingerprint density at radius 2 is 2.23 bits per heavy atom. The van der Waals surface area contributed by atoms with E-state index in [1.807, 2.05) is 6.92 Å². The molecule has 0 fully saturated rings. The molecule has 0 saturated heterocycles. The molecule has 1 heterocycles. The first-order chi connectivity index (χ1) is 6.06. The van der Waals surface area contributed by atoms with E-state index in [-0.39, 0.29) is 11.7 Å². The number of rotatable bonds is 2. The van der Waals surface area contributed by atoms with Crippen molar-refractivity contribution in [1.82, 2.24) is 0 Å². The highest BCUT2D eigenvalue weighted by atomic mass is 32.1. The van der Waals surface area contributed by atoms with Crippen molar-refractivity contribution >= 4 is 30.1 Å². The molecule has 3 N–H and O–H groups in total. The standard InChI is InChI=1S/C8H12N2O2S/c1-4-5(2)12-8(7(4)9)10-6(11)3-13/h13H,3,9H2,1-2H3,(H,10,11). The van der Waals surface area contributed by atoms with Crippen LogP contribution >= 0.6 is 12.6 Å². The molecule has 0 aliphatic carbocycles. The molecule has 0 radical (unpaired) electrons. The molecule has 0 aliphatic rings. The van der Waals surface area contributed by atoms with Gasteiger partial charge in [0.15, 0.2) is 0 Å². The zero-order valence-electron chi connectivity index (χ0n) is 7.55. The fraction of sp³-hybridized carbons (Fsp3) is 0.375. The molecule has 0 spiro atoms. The van der Waals surface area contributed by atoms with E-state index < -0.39 is 0 Å². The van der Waals surface area contributed by atoms with E-state index in [0.717, 1.165) is 5.56 Å². The Labute approximate surface area is 81.9 Å². The molecule has 1 amide bonds. The highest BCUT2D eigenvalue weighted by Gasteiger charge is 2.12. The summed E-state index contributed by atoms with van der Waals surface area (Å²) >= 11 is 3.82. The van der Waals surface area contributed by atoms with Gasteiger partial charge in [-0.1, -0.05) is 0 Å². The van der Waals surface area contributed by atoms with E-state index in [1.165, 1.54) is 0 Å². The second-order valence-electron chi connectivity index (χ2n) is 2.73. The van der Waals surface area contributed by atoms with Gasteiger partial charge in [-0.2, -0.15) is 12.6 Å². The third kappa shape index (κ3) is 1.98. The van der Waals surface area contributed by atoms with Crippen LogP contribution in [0.25, 0.3) is 0 Å². The van der Waals surface area contributed by atoms with E-state index in [2.05, 4.69) is 17.9 Å². The van der Waals surface area contributed by atoms with Gasteiger partial charge in [0.2, 0.25) is 11.8 Å². The highest BCUT2D eigenvalue weighted by Crippen LogP contribution is 2.28. The number of carbonyl (C=O) groups excluding carboxylic acids is 1. The van der Waals surface area contributed by atoms with Gasteiger partial charge < -0.3 is 10.2 Å². The molecule has 1 aromatic rings. The summed E-state index contributed by atoms with van der Waals surface area (Å²) < 4.78 is 5.23. The quantitative estimate of drug-likeness (QED) is 0.631. The summed E-state index contributed by atoms with van der Waals surface area (Å²) in [6, 6.07) is 0.